The number of likely N-dealkylation sites (N-methyl/N-ethyl adjacent to an activating group) is 1. The number of anilines is 1. The Morgan fingerprint density at radius 1 is 1.39 bits per heavy atom. The SMILES string of the molecule is Cc1nn(C)c(C)c1CN(C)CC(=O)Nc1sc2c(c1C(N)=O)CC[C@@H](C)C2. The smallest absolute Gasteiger partial charge is 0.251 e. The molecule has 3 rings (SSSR count). The van der Waals surface area contributed by atoms with Gasteiger partial charge in [0.25, 0.3) is 5.91 Å². The van der Waals surface area contributed by atoms with Crippen molar-refractivity contribution in [3.63, 3.8) is 0 Å². The third-order valence-electron chi connectivity index (χ3n) is 5.51. The quantitative estimate of drug-likeness (QED) is 0.774. The second-order valence-electron chi connectivity index (χ2n) is 7.91. The maximum absolute atomic E-state index is 12.6. The Kier molecular flexibility index (Phi) is 5.90. The molecule has 0 saturated heterocycles. The third kappa shape index (κ3) is 4.12. The molecule has 0 bridgehead atoms. The number of carbonyl (C=O) groups excluding carboxylic acids is 2. The standard InChI is InChI=1S/C20H29N5O2S/c1-11-6-7-14-16(8-11)28-20(18(14)19(21)27)22-17(26)10-24(4)9-15-12(2)23-25(5)13(15)3/h11H,6-10H2,1-5H3,(H2,21,27)(H,22,26)/t11-/m1/s1. The molecule has 0 aliphatic heterocycles. The Morgan fingerprint density at radius 3 is 2.71 bits per heavy atom. The van der Waals surface area contributed by atoms with Gasteiger partial charge in [0.15, 0.2) is 0 Å². The molecule has 152 valence electrons. The molecule has 2 aromatic rings. The van der Waals surface area contributed by atoms with Crippen LogP contribution in [0.25, 0.3) is 0 Å². The van der Waals surface area contributed by atoms with E-state index < -0.39 is 5.91 Å². The fourth-order valence-electron chi connectivity index (χ4n) is 3.88. The van der Waals surface area contributed by atoms with Gasteiger partial charge in [0.2, 0.25) is 5.91 Å². The minimum atomic E-state index is -0.461. The molecule has 8 heteroatoms. The van der Waals surface area contributed by atoms with Crippen molar-refractivity contribution in [2.45, 2.75) is 46.6 Å². The molecule has 2 amide bonds. The Hall–Kier alpha value is -2.19. The van der Waals surface area contributed by atoms with E-state index in [9.17, 15) is 9.59 Å². The Balaban J connectivity index is 1.70. The van der Waals surface area contributed by atoms with Crippen molar-refractivity contribution in [2.75, 3.05) is 18.9 Å². The van der Waals surface area contributed by atoms with Gasteiger partial charge in [-0.05, 0) is 51.6 Å². The van der Waals surface area contributed by atoms with Crippen LogP contribution in [0.1, 0.15) is 51.1 Å². The maximum atomic E-state index is 12.6. The predicted octanol–water partition coefficient (Wildman–Crippen LogP) is 2.39. The van der Waals surface area contributed by atoms with Crippen LogP contribution in [0.4, 0.5) is 5.00 Å². The lowest BCUT2D eigenvalue weighted by Gasteiger charge is -2.18. The number of rotatable bonds is 6. The summed E-state index contributed by atoms with van der Waals surface area (Å²) in [6.45, 7) is 7.08. The molecule has 28 heavy (non-hydrogen) atoms. The van der Waals surface area contributed by atoms with E-state index in [0.717, 1.165) is 41.8 Å². The summed E-state index contributed by atoms with van der Waals surface area (Å²) in [7, 11) is 3.82. The van der Waals surface area contributed by atoms with Crippen molar-refractivity contribution >= 4 is 28.2 Å². The van der Waals surface area contributed by atoms with E-state index in [1.165, 1.54) is 16.2 Å². The number of fused-ring (bicyclic) bond motifs is 1. The molecule has 2 heterocycles. The number of nitrogens with one attached hydrogen (secondary N) is 1. The van der Waals surface area contributed by atoms with Crippen LogP contribution in [0.5, 0.6) is 0 Å². The highest BCUT2D eigenvalue weighted by molar-refractivity contribution is 7.17. The van der Waals surface area contributed by atoms with Gasteiger partial charge in [-0.25, -0.2) is 0 Å². The molecule has 1 atom stereocenters. The molecule has 0 spiro atoms. The fourth-order valence-corrected chi connectivity index (χ4v) is 5.32. The molecule has 7 nitrogen and oxygen atoms in total. The highest BCUT2D eigenvalue weighted by atomic mass is 32.1. The fraction of sp³-hybridized carbons (Fsp3) is 0.550. The topological polar surface area (TPSA) is 93.2 Å². The van der Waals surface area contributed by atoms with Crippen molar-refractivity contribution in [3.05, 3.63) is 33.0 Å². The Labute approximate surface area is 169 Å². The first kappa shape index (κ1) is 20.5. The zero-order valence-electron chi connectivity index (χ0n) is 17.3. The summed E-state index contributed by atoms with van der Waals surface area (Å²) in [6, 6.07) is 0. The number of hydrogen-bond acceptors (Lipinski definition) is 5. The summed E-state index contributed by atoms with van der Waals surface area (Å²) in [5.74, 6) is -0.0133. The van der Waals surface area contributed by atoms with Crippen LogP contribution in [0, 0.1) is 19.8 Å². The molecule has 2 aromatic heterocycles. The van der Waals surface area contributed by atoms with E-state index >= 15 is 0 Å². The van der Waals surface area contributed by atoms with Gasteiger partial charge in [0.1, 0.15) is 5.00 Å². The third-order valence-corrected chi connectivity index (χ3v) is 6.68. The molecule has 3 N–H and O–H groups in total. The summed E-state index contributed by atoms with van der Waals surface area (Å²) < 4.78 is 1.86. The zero-order valence-corrected chi connectivity index (χ0v) is 18.1. The van der Waals surface area contributed by atoms with Gasteiger partial charge in [-0.3, -0.25) is 19.2 Å². The van der Waals surface area contributed by atoms with Crippen LogP contribution >= 0.6 is 11.3 Å². The van der Waals surface area contributed by atoms with Crippen LogP contribution in [-0.4, -0.2) is 40.1 Å². The number of nitrogens with zero attached hydrogens (tertiary/aromatic N) is 3. The Bertz CT molecular complexity index is 914. The van der Waals surface area contributed by atoms with E-state index in [0.29, 0.717) is 23.0 Å². The molecular weight excluding hydrogens is 374 g/mol. The molecule has 0 unspecified atom stereocenters. The summed E-state index contributed by atoms with van der Waals surface area (Å²) in [4.78, 5) is 27.8. The number of aromatic nitrogens is 2. The van der Waals surface area contributed by atoms with Crippen LogP contribution in [-0.2, 0) is 31.2 Å². The number of carbonyl (C=O) groups is 2. The number of primary amides is 1. The van der Waals surface area contributed by atoms with Gasteiger partial charge in [0, 0.05) is 29.7 Å². The van der Waals surface area contributed by atoms with E-state index in [1.807, 2.05) is 37.5 Å². The van der Waals surface area contributed by atoms with Crippen molar-refractivity contribution < 1.29 is 9.59 Å². The lowest BCUT2D eigenvalue weighted by Crippen LogP contribution is -2.30. The molecule has 0 fully saturated rings. The number of hydrogen-bond donors (Lipinski definition) is 2. The molecular formula is C20H29N5O2S. The molecule has 0 radical (unpaired) electrons. The Morgan fingerprint density at radius 2 is 2.11 bits per heavy atom. The van der Waals surface area contributed by atoms with E-state index in [1.54, 1.807) is 0 Å². The largest absolute Gasteiger partial charge is 0.365 e. The van der Waals surface area contributed by atoms with Crippen molar-refractivity contribution in [1.29, 1.82) is 0 Å². The van der Waals surface area contributed by atoms with Gasteiger partial charge in [-0.15, -0.1) is 11.3 Å². The molecule has 0 saturated carbocycles. The van der Waals surface area contributed by atoms with Gasteiger partial charge < -0.3 is 11.1 Å². The van der Waals surface area contributed by atoms with E-state index in [2.05, 4.69) is 17.3 Å². The van der Waals surface area contributed by atoms with Crippen LogP contribution < -0.4 is 11.1 Å². The lowest BCUT2D eigenvalue weighted by atomic mass is 9.88. The lowest BCUT2D eigenvalue weighted by molar-refractivity contribution is -0.117. The van der Waals surface area contributed by atoms with Gasteiger partial charge in [-0.1, -0.05) is 6.92 Å². The number of thiophene rings is 1. The minimum Gasteiger partial charge on any atom is -0.365 e. The second kappa shape index (κ2) is 8.05. The molecule has 1 aliphatic rings. The first-order valence-corrected chi connectivity index (χ1v) is 10.4. The molecule has 1 aliphatic carbocycles. The minimum absolute atomic E-state index is 0.143. The second-order valence-corrected chi connectivity index (χ2v) is 9.02. The summed E-state index contributed by atoms with van der Waals surface area (Å²) in [5, 5.41) is 7.95. The number of amides is 2. The van der Waals surface area contributed by atoms with E-state index in [4.69, 9.17) is 5.73 Å². The predicted molar refractivity (Wildman–Crippen MR) is 112 cm³/mol. The van der Waals surface area contributed by atoms with Crippen LogP contribution in [0.15, 0.2) is 0 Å². The number of nitrogens with two attached hydrogens (primary N) is 1. The van der Waals surface area contributed by atoms with Crippen molar-refractivity contribution in [3.8, 4) is 0 Å². The normalized spacial score (nSPS) is 16.3. The van der Waals surface area contributed by atoms with E-state index in [-0.39, 0.29) is 12.5 Å². The average Bonchev–Trinajstić information content (AvgIpc) is 3.05. The van der Waals surface area contributed by atoms with Gasteiger partial charge in [0.05, 0.1) is 17.8 Å². The summed E-state index contributed by atoms with van der Waals surface area (Å²) in [6.07, 6.45) is 2.83. The maximum Gasteiger partial charge on any atom is 0.251 e. The van der Waals surface area contributed by atoms with Crippen molar-refractivity contribution in [2.24, 2.45) is 18.7 Å². The summed E-state index contributed by atoms with van der Waals surface area (Å²) in [5.41, 5.74) is 10.4. The first-order valence-electron chi connectivity index (χ1n) is 9.59. The molecule has 0 aromatic carbocycles. The zero-order chi connectivity index (χ0) is 20.6. The monoisotopic (exact) mass is 403 g/mol. The van der Waals surface area contributed by atoms with Crippen LogP contribution in [0.2, 0.25) is 0 Å². The van der Waals surface area contributed by atoms with Crippen LogP contribution in [0.3, 0.4) is 0 Å². The van der Waals surface area contributed by atoms with Gasteiger partial charge in [-0.2, -0.15) is 5.10 Å². The van der Waals surface area contributed by atoms with Gasteiger partial charge >= 0.3 is 0 Å². The summed E-state index contributed by atoms with van der Waals surface area (Å²) >= 11 is 1.50. The average molecular weight is 404 g/mol. The van der Waals surface area contributed by atoms with Crippen molar-refractivity contribution in [1.82, 2.24) is 14.7 Å². The highest BCUT2D eigenvalue weighted by Gasteiger charge is 2.27. The first-order chi connectivity index (χ1) is 13.2. The number of aryl methyl sites for hydroxylation is 2. The highest BCUT2D eigenvalue weighted by Crippen LogP contribution is 2.39.